The third kappa shape index (κ3) is 4.19. The molecule has 4 rings (SSSR count). The molecule has 0 amide bonds. The van der Waals surface area contributed by atoms with E-state index in [1.807, 2.05) is 0 Å². The summed E-state index contributed by atoms with van der Waals surface area (Å²) in [5.41, 5.74) is 3.50. The summed E-state index contributed by atoms with van der Waals surface area (Å²) in [7, 11) is 0. The van der Waals surface area contributed by atoms with Crippen molar-refractivity contribution in [1.82, 2.24) is 0 Å². The highest BCUT2D eigenvalue weighted by molar-refractivity contribution is 5.84. The molecular formula is C26H27F3. The summed E-state index contributed by atoms with van der Waals surface area (Å²) in [5, 5.41) is 2.43. The number of halogens is 3. The van der Waals surface area contributed by atoms with Crippen molar-refractivity contribution in [3.8, 4) is 0 Å². The third-order valence-electron chi connectivity index (χ3n) is 6.28. The smallest absolute Gasteiger partial charge is 0.194 e. The van der Waals surface area contributed by atoms with Gasteiger partial charge in [-0.3, -0.25) is 0 Å². The van der Waals surface area contributed by atoms with Crippen LogP contribution < -0.4 is 0 Å². The van der Waals surface area contributed by atoms with Crippen LogP contribution in [0.25, 0.3) is 10.8 Å². The lowest BCUT2D eigenvalue weighted by molar-refractivity contribution is 0.428. The van der Waals surface area contributed by atoms with Gasteiger partial charge < -0.3 is 0 Å². The quantitative estimate of drug-likeness (QED) is 0.296. The van der Waals surface area contributed by atoms with Gasteiger partial charge in [0.05, 0.1) is 0 Å². The van der Waals surface area contributed by atoms with Crippen molar-refractivity contribution in [2.45, 2.75) is 64.2 Å². The second kappa shape index (κ2) is 8.61. The molecule has 0 aliphatic heterocycles. The maximum absolute atomic E-state index is 14.0. The van der Waals surface area contributed by atoms with Crippen LogP contribution in [0.4, 0.5) is 13.2 Å². The molecule has 1 atom stereocenters. The maximum Gasteiger partial charge on any atom is 0.194 e. The Bertz CT molecular complexity index is 1020. The second-order valence-corrected chi connectivity index (χ2v) is 8.32. The fourth-order valence-corrected chi connectivity index (χ4v) is 4.58. The Kier molecular flexibility index (Phi) is 5.94. The molecule has 3 aromatic carbocycles. The highest BCUT2D eigenvalue weighted by Crippen LogP contribution is 2.36. The minimum atomic E-state index is -1.35. The number of hydrogen-bond acceptors (Lipinski definition) is 0. The molecule has 0 aromatic heterocycles. The molecule has 3 aromatic rings. The minimum Gasteiger partial charge on any atom is -0.204 e. The van der Waals surface area contributed by atoms with Crippen molar-refractivity contribution in [1.29, 1.82) is 0 Å². The molecule has 0 bridgehead atoms. The van der Waals surface area contributed by atoms with Crippen LogP contribution in [0.3, 0.4) is 0 Å². The Morgan fingerprint density at radius 2 is 1.66 bits per heavy atom. The molecule has 0 spiro atoms. The van der Waals surface area contributed by atoms with Crippen LogP contribution in [0.2, 0.25) is 0 Å². The fraction of sp³-hybridized carbons (Fsp3) is 0.385. The summed E-state index contributed by atoms with van der Waals surface area (Å²) in [6.07, 6.45) is 7.90. The van der Waals surface area contributed by atoms with Crippen molar-refractivity contribution in [2.24, 2.45) is 0 Å². The van der Waals surface area contributed by atoms with Crippen molar-refractivity contribution in [2.75, 3.05) is 0 Å². The fourth-order valence-electron chi connectivity index (χ4n) is 4.58. The van der Waals surface area contributed by atoms with Crippen molar-refractivity contribution in [3.63, 3.8) is 0 Å². The standard InChI is InChI=1S/C26H27F3/c1-2-3-4-5-6-17-7-8-19-14-20(10-9-18(19)13-17)21-11-12-23-22(15-21)16-24(27)26(29)25(23)28/h7-10,13-14,16,21H,2-6,11-12,15H2,1H3. The molecule has 1 aliphatic rings. The normalized spacial score (nSPS) is 16.2. The number of unbranched alkanes of at least 4 members (excludes halogenated alkanes) is 3. The first-order valence-electron chi connectivity index (χ1n) is 10.7. The topological polar surface area (TPSA) is 0 Å². The summed E-state index contributed by atoms with van der Waals surface area (Å²) in [5.74, 6) is -3.25. The molecule has 152 valence electrons. The van der Waals surface area contributed by atoms with E-state index >= 15 is 0 Å². The van der Waals surface area contributed by atoms with E-state index in [4.69, 9.17) is 0 Å². The van der Waals surface area contributed by atoms with Gasteiger partial charge in [0.15, 0.2) is 17.5 Å². The number of fused-ring (bicyclic) bond motifs is 2. The van der Waals surface area contributed by atoms with Gasteiger partial charge in [0.25, 0.3) is 0 Å². The molecule has 0 saturated carbocycles. The van der Waals surface area contributed by atoms with E-state index in [9.17, 15) is 13.2 Å². The average molecular weight is 396 g/mol. The molecule has 0 N–H and O–H groups in total. The third-order valence-corrected chi connectivity index (χ3v) is 6.28. The lowest BCUT2D eigenvalue weighted by Gasteiger charge is -2.26. The van der Waals surface area contributed by atoms with Crippen molar-refractivity contribution < 1.29 is 13.2 Å². The molecule has 0 heterocycles. The van der Waals surface area contributed by atoms with Gasteiger partial charge >= 0.3 is 0 Å². The van der Waals surface area contributed by atoms with Gasteiger partial charge in [0.2, 0.25) is 0 Å². The Morgan fingerprint density at radius 1 is 0.862 bits per heavy atom. The minimum absolute atomic E-state index is 0.199. The summed E-state index contributed by atoms with van der Waals surface area (Å²) >= 11 is 0. The van der Waals surface area contributed by atoms with Gasteiger partial charge in [-0.15, -0.1) is 0 Å². The predicted molar refractivity (Wildman–Crippen MR) is 113 cm³/mol. The molecule has 3 heteroatoms. The van der Waals surface area contributed by atoms with E-state index in [1.54, 1.807) is 0 Å². The molecule has 0 radical (unpaired) electrons. The highest BCUT2D eigenvalue weighted by Gasteiger charge is 2.26. The van der Waals surface area contributed by atoms with Gasteiger partial charge in [0.1, 0.15) is 0 Å². The van der Waals surface area contributed by atoms with Crippen LogP contribution in [0, 0.1) is 17.5 Å². The van der Waals surface area contributed by atoms with E-state index in [0.717, 1.165) is 12.8 Å². The van der Waals surface area contributed by atoms with Gasteiger partial charge in [-0.1, -0.05) is 62.6 Å². The number of benzene rings is 3. The molecule has 29 heavy (non-hydrogen) atoms. The number of hydrogen-bond donors (Lipinski definition) is 0. The first-order valence-corrected chi connectivity index (χ1v) is 10.7. The summed E-state index contributed by atoms with van der Waals surface area (Å²) in [4.78, 5) is 0. The van der Waals surface area contributed by atoms with Crippen molar-refractivity contribution in [3.05, 3.63) is 82.2 Å². The summed E-state index contributed by atoms with van der Waals surface area (Å²) in [6.45, 7) is 2.23. The first kappa shape index (κ1) is 20.0. The van der Waals surface area contributed by atoms with E-state index in [0.29, 0.717) is 24.0 Å². The van der Waals surface area contributed by atoms with E-state index < -0.39 is 17.5 Å². The van der Waals surface area contributed by atoms with Gasteiger partial charge in [-0.25, -0.2) is 13.2 Å². The van der Waals surface area contributed by atoms with Crippen LogP contribution in [0.5, 0.6) is 0 Å². The van der Waals surface area contributed by atoms with Crippen LogP contribution in [-0.4, -0.2) is 0 Å². The predicted octanol–water partition coefficient (Wildman–Crippen LogP) is 7.65. The largest absolute Gasteiger partial charge is 0.204 e. The molecule has 0 nitrogen and oxygen atoms in total. The molecular weight excluding hydrogens is 369 g/mol. The molecule has 1 aliphatic carbocycles. The Labute approximate surface area is 170 Å². The zero-order valence-corrected chi connectivity index (χ0v) is 16.9. The molecule has 0 saturated heterocycles. The van der Waals surface area contributed by atoms with E-state index in [-0.39, 0.29) is 5.92 Å². The maximum atomic E-state index is 14.0. The van der Waals surface area contributed by atoms with Gasteiger partial charge in [0, 0.05) is 0 Å². The molecule has 1 unspecified atom stereocenters. The van der Waals surface area contributed by atoms with Crippen molar-refractivity contribution >= 4 is 10.8 Å². The van der Waals surface area contributed by atoms with Gasteiger partial charge in [-0.05, 0) is 77.1 Å². The van der Waals surface area contributed by atoms with Crippen LogP contribution in [0.15, 0.2) is 42.5 Å². The second-order valence-electron chi connectivity index (χ2n) is 8.32. The lowest BCUT2D eigenvalue weighted by atomic mass is 9.79. The van der Waals surface area contributed by atoms with Crippen LogP contribution in [0.1, 0.15) is 67.2 Å². The molecule has 0 fully saturated rings. The van der Waals surface area contributed by atoms with E-state index in [2.05, 4.69) is 43.3 Å². The zero-order valence-electron chi connectivity index (χ0n) is 16.9. The highest BCUT2D eigenvalue weighted by atomic mass is 19.2. The first-order chi connectivity index (χ1) is 14.1. The monoisotopic (exact) mass is 396 g/mol. The SMILES string of the molecule is CCCCCCc1ccc2cc(C3CCc4c(cc(F)c(F)c4F)C3)ccc2c1. The average Bonchev–Trinajstić information content (AvgIpc) is 2.74. The van der Waals surface area contributed by atoms with Crippen LogP contribution >= 0.6 is 0 Å². The van der Waals surface area contributed by atoms with Gasteiger partial charge in [-0.2, -0.15) is 0 Å². The Hall–Kier alpha value is -2.29. The zero-order chi connectivity index (χ0) is 20.4. The van der Waals surface area contributed by atoms with Crippen LogP contribution in [-0.2, 0) is 19.3 Å². The van der Waals surface area contributed by atoms with E-state index in [1.165, 1.54) is 53.6 Å². The Morgan fingerprint density at radius 3 is 2.48 bits per heavy atom. The number of rotatable bonds is 6. The number of aryl methyl sites for hydroxylation is 1. The summed E-state index contributed by atoms with van der Waals surface area (Å²) in [6, 6.07) is 14.3. The lowest BCUT2D eigenvalue weighted by Crippen LogP contribution is -2.16. The summed E-state index contributed by atoms with van der Waals surface area (Å²) < 4.78 is 41.2. The Balaban J connectivity index is 1.53.